The van der Waals surface area contributed by atoms with Crippen molar-refractivity contribution in [3.63, 3.8) is 0 Å². The molecule has 0 heterocycles. The van der Waals surface area contributed by atoms with Crippen molar-refractivity contribution in [1.82, 2.24) is 5.32 Å². The molecule has 0 aromatic heterocycles. The van der Waals surface area contributed by atoms with Crippen LogP contribution in [0.5, 0.6) is 17.2 Å². The Kier molecular flexibility index (Phi) is 7.79. The van der Waals surface area contributed by atoms with Crippen LogP contribution >= 0.6 is 0 Å². The van der Waals surface area contributed by atoms with Crippen molar-refractivity contribution in [2.24, 2.45) is 4.99 Å². The van der Waals surface area contributed by atoms with Crippen LogP contribution in [0.15, 0.2) is 47.5 Å². The van der Waals surface area contributed by atoms with Crippen molar-refractivity contribution < 1.29 is 14.2 Å². The first kappa shape index (κ1) is 20.4. The van der Waals surface area contributed by atoms with Gasteiger partial charge < -0.3 is 24.8 Å². The number of methoxy groups -OCH3 is 1. The molecular weight excluding hydrogens is 342 g/mol. The predicted molar refractivity (Wildman–Crippen MR) is 110 cm³/mol. The van der Waals surface area contributed by atoms with E-state index in [2.05, 4.69) is 15.6 Å². The molecule has 2 aromatic carbocycles. The fourth-order valence-electron chi connectivity index (χ4n) is 2.52. The third kappa shape index (κ3) is 6.40. The molecule has 0 bridgehead atoms. The molecule has 6 nitrogen and oxygen atoms in total. The minimum absolute atomic E-state index is 0.150. The van der Waals surface area contributed by atoms with Crippen LogP contribution in [0.1, 0.15) is 26.3 Å². The first-order valence-electron chi connectivity index (χ1n) is 9.09. The largest absolute Gasteiger partial charge is 0.493 e. The van der Waals surface area contributed by atoms with Gasteiger partial charge in [-0.2, -0.15) is 0 Å². The first-order chi connectivity index (χ1) is 13.0. The molecule has 0 aliphatic carbocycles. The number of benzene rings is 2. The van der Waals surface area contributed by atoms with Crippen LogP contribution in [-0.4, -0.2) is 32.8 Å². The van der Waals surface area contributed by atoms with Gasteiger partial charge in [-0.05, 0) is 50.6 Å². The van der Waals surface area contributed by atoms with Crippen molar-refractivity contribution in [1.29, 1.82) is 0 Å². The Morgan fingerprint density at radius 3 is 2.59 bits per heavy atom. The third-order valence-electron chi connectivity index (χ3n) is 3.68. The molecular formula is C21H29N3O3. The summed E-state index contributed by atoms with van der Waals surface area (Å²) in [7, 11) is 3.36. The Morgan fingerprint density at radius 1 is 1.11 bits per heavy atom. The molecule has 2 N–H and O–H groups in total. The lowest BCUT2D eigenvalue weighted by Crippen LogP contribution is -2.30. The van der Waals surface area contributed by atoms with E-state index in [0.29, 0.717) is 24.9 Å². The molecule has 0 unspecified atom stereocenters. The van der Waals surface area contributed by atoms with Gasteiger partial charge in [0, 0.05) is 25.3 Å². The van der Waals surface area contributed by atoms with Gasteiger partial charge in [-0.3, -0.25) is 4.99 Å². The zero-order valence-corrected chi connectivity index (χ0v) is 16.7. The summed E-state index contributed by atoms with van der Waals surface area (Å²) in [6.45, 7) is 7.19. The van der Waals surface area contributed by atoms with Crippen molar-refractivity contribution in [2.45, 2.75) is 33.4 Å². The fourth-order valence-corrected chi connectivity index (χ4v) is 2.52. The summed E-state index contributed by atoms with van der Waals surface area (Å²) in [5.41, 5.74) is 1.97. The van der Waals surface area contributed by atoms with Gasteiger partial charge in [0.1, 0.15) is 5.75 Å². The minimum atomic E-state index is 0.150. The molecule has 0 saturated heterocycles. The Balaban J connectivity index is 2.00. The van der Waals surface area contributed by atoms with Crippen LogP contribution in [0.3, 0.4) is 0 Å². The first-order valence-corrected chi connectivity index (χ1v) is 9.09. The molecule has 0 fully saturated rings. The van der Waals surface area contributed by atoms with E-state index < -0.39 is 0 Å². The zero-order chi connectivity index (χ0) is 19.6. The van der Waals surface area contributed by atoms with Crippen LogP contribution in [0.25, 0.3) is 0 Å². The predicted octanol–water partition coefficient (Wildman–Crippen LogP) is 4.07. The highest BCUT2D eigenvalue weighted by atomic mass is 16.5. The van der Waals surface area contributed by atoms with Gasteiger partial charge in [0.25, 0.3) is 0 Å². The van der Waals surface area contributed by atoms with E-state index in [-0.39, 0.29) is 6.10 Å². The molecule has 0 spiro atoms. The van der Waals surface area contributed by atoms with Gasteiger partial charge in [0.2, 0.25) is 0 Å². The topological polar surface area (TPSA) is 64.1 Å². The lowest BCUT2D eigenvalue weighted by molar-refractivity contribution is 0.242. The quantitative estimate of drug-likeness (QED) is 0.541. The standard InChI is InChI=1S/C21H29N3O3/c1-6-26-19-11-10-17(13-20(19)25-5)24-21(22-4)23-14-16-8-7-9-18(12-16)27-15(2)3/h7-13,15H,6,14H2,1-5H3,(H2,22,23,24). The number of aliphatic imine (C=N–C) groups is 1. The second-order valence-corrected chi connectivity index (χ2v) is 6.16. The highest BCUT2D eigenvalue weighted by molar-refractivity contribution is 5.93. The SMILES string of the molecule is CCOc1ccc(NC(=NC)NCc2cccc(OC(C)C)c2)cc1OC. The number of anilines is 1. The van der Waals surface area contributed by atoms with E-state index in [1.807, 2.05) is 63.2 Å². The summed E-state index contributed by atoms with van der Waals surface area (Å²) in [6, 6.07) is 13.7. The van der Waals surface area contributed by atoms with E-state index in [1.165, 1.54) is 0 Å². The molecule has 2 rings (SSSR count). The Morgan fingerprint density at radius 2 is 1.93 bits per heavy atom. The van der Waals surface area contributed by atoms with Gasteiger partial charge in [0.05, 0.1) is 19.8 Å². The second-order valence-electron chi connectivity index (χ2n) is 6.16. The van der Waals surface area contributed by atoms with Gasteiger partial charge >= 0.3 is 0 Å². The van der Waals surface area contributed by atoms with E-state index >= 15 is 0 Å². The molecule has 146 valence electrons. The van der Waals surface area contributed by atoms with Crippen molar-refractivity contribution in [3.8, 4) is 17.2 Å². The van der Waals surface area contributed by atoms with Crippen molar-refractivity contribution in [3.05, 3.63) is 48.0 Å². The Labute approximate surface area is 161 Å². The maximum Gasteiger partial charge on any atom is 0.195 e. The molecule has 0 atom stereocenters. The van der Waals surface area contributed by atoms with E-state index in [9.17, 15) is 0 Å². The molecule has 0 amide bonds. The summed E-state index contributed by atoms with van der Waals surface area (Å²) in [5.74, 6) is 2.92. The molecule has 2 aromatic rings. The van der Waals surface area contributed by atoms with Crippen molar-refractivity contribution >= 4 is 11.6 Å². The average Bonchev–Trinajstić information content (AvgIpc) is 2.66. The van der Waals surface area contributed by atoms with Crippen LogP contribution < -0.4 is 24.8 Å². The number of hydrogen-bond acceptors (Lipinski definition) is 4. The van der Waals surface area contributed by atoms with Crippen LogP contribution in [-0.2, 0) is 6.54 Å². The summed E-state index contributed by atoms with van der Waals surface area (Å²) in [5, 5.41) is 6.57. The van der Waals surface area contributed by atoms with E-state index in [0.717, 1.165) is 22.7 Å². The molecule has 0 aliphatic heterocycles. The number of rotatable bonds is 8. The molecule has 0 radical (unpaired) electrons. The van der Waals surface area contributed by atoms with Crippen LogP contribution in [0.2, 0.25) is 0 Å². The molecule has 0 saturated carbocycles. The molecule has 6 heteroatoms. The number of nitrogens with one attached hydrogen (secondary N) is 2. The second kappa shape index (κ2) is 10.3. The highest BCUT2D eigenvalue weighted by Crippen LogP contribution is 2.30. The number of nitrogens with zero attached hydrogens (tertiary/aromatic N) is 1. The summed E-state index contributed by atoms with van der Waals surface area (Å²) in [6.07, 6.45) is 0.150. The Hall–Kier alpha value is -2.89. The normalized spacial score (nSPS) is 11.3. The maximum atomic E-state index is 5.74. The smallest absolute Gasteiger partial charge is 0.195 e. The lowest BCUT2D eigenvalue weighted by Gasteiger charge is -2.15. The van der Waals surface area contributed by atoms with Crippen LogP contribution in [0.4, 0.5) is 5.69 Å². The lowest BCUT2D eigenvalue weighted by atomic mass is 10.2. The van der Waals surface area contributed by atoms with E-state index in [4.69, 9.17) is 14.2 Å². The summed E-state index contributed by atoms with van der Waals surface area (Å²) in [4.78, 5) is 4.27. The number of hydrogen-bond donors (Lipinski definition) is 2. The fraction of sp³-hybridized carbons (Fsp3) is 0.381. The van der Waals surface area contributed by atoms with Gasteiger partial charge in [-0.15, -0.1) is 0 Å². The summed E-state index contributed by atoms with van der Waals surface area (Å²) >= 11 is 0. The molecule has 27 heavy (non-hydrogen) atoms. The molecule has 0 aliphatic rings. The number of ether oxygens (including phenoxy) is 3. The minimum Gasteiger partial charge on any atom is -0.493 e. The maximum absolute atomic E-state index is 5.74. The van der Waals surface area contributed by atoms with Crippen molar-refractivity contribution in [2.75, 3.05) is 26.1 Å². The highest BCUT2D eigenvalue weighted by Gasteiger charge is 2.07. The third-order valence-corrected chi connectivity index (χ3v) is 3.68. The van der Waals surface area contributed by atoms with Gasteiger partial charge in [0.15, 0.2) is 17.5 Å². The van der Waals surface area contributed by atoms with Gasteiger partial charge in [-0.1, -0.05) is 12.1 Å². The number of guanidine groups is 1. The monoisotopic (exact) mass is 371 g/mol. The zero-order valence-electron chi connectivity index (χ0n) is 16.7. The Bertz CT molecular complexity index is 760. The van der Waals surface area contributed by atoms with Gasteiger partial charge in [-0.25, -0.2) is 0 Å². The summed E-state index contributed by atoms with van der Waals surface area (Å²) < 4.78 is 16.7. The average molecular weight is 371 g/mol. The van der Waals surface area contributed by atoms with Crippen LogP contribution in [0, 0.1) is 0 Å². The van der Waals surface area contributed by atoms with E-state index in [1.54, 1.807) is 14.2 Å².